The number of nitrogens with one attached hydrogen (secondary N) is 2. The molecule has 0 aliphatic carbocycles. The van der Waals surface area contributed by atoms with Gasteiger partial charge >= 0.3 is 36.6 Å². The molecular formula is C41H45F9N6O7. The molecule has 2 saturated heterocycles. The normalized spacial score (nSPS) is 20.8. The summed E-state index contributed by atoms with van der Waals surface area (Å²) < 4.78 is 147. The number of alkyl halides is 9. The second-order valence-corrected chi connectivity index (χ2v) is 16.2. The number of hydrogen-bond donors (Lipinski definition) is 2. The molecule has 4 atom stereocenters. The molecule has 2 N–H and O–H groups in total. The SMILES string of the molecule is CC[C@@H]1C[C@H](Nc2ncc(N3CCOCC3)c(Cc3cc(C(F)(F)F)cc(C(F)(F)F)c3)n2)c2cc(C(F)(F)F)ccc2N1C(=O)O[C@H]1CN[C@H](C(=O)OCC(=O)OC(C)(C)C)C1. The van der Waals surface area contributed by atoms with Crippen molar-refractivity contribution in [2.45, 2.75) is 102 Å². The van der Waals surface area contributed by atoms with Crippen molar-refractivity contribution in [3.8, 4) is 0 Å². The van der Waals surface area contributed by atoms with Gasteiger partial charge in [-0.15, -0.1) is 0 Å². The quantitative estimate of drug-likeness (QED) is 0.116. The fourth-order valence-electron chi connectivity index (χ4n) is 7.59. The fourth-order valence-corrected chi connectivity index (χ4v) is 7.59. The summed E-state index contributed by atoms with van der Waals surface area (Å²) in [6.45, 7) is 7.19. The largest absolute Gasteiger partial charge is 0.457 e. The van der Waals surface area contributed by atoms with Gasteiger partial charge < -0.3 is 34.5 Å². The third-order valence-electron chi connectivity index (χ3n) is 10.4. The van der Waals surface area contributed by atoms with Crippen LogP contribution < -0.4 is 20.4 Å². The number of carbonyl (C=O) groups excluding carboxylic acids is 3. The summed E-state index contributed by atoms with van der Waals surface area (Å²) in [6.07, 6.45) is -15.7. The average Bonchev–Trinajstić information content (AvgIpc) is 3.66. The topological polar surface area (TPSA) is 144 Å². The summed E-state index contributed by atoms with van der Waals surface area (Å²) in [5.41, 5.74) is -4.83. The molecule has 63 heavy (non-hydrogen) atoms. The van der Waals surface area contributed by atoms with E-state index in [1.807, 2.05) is 0 Å². The molecule has 2 fully saturated rings. The molecule has 6 rings (SSSR count). The standard InChI is InChI=1S/C41H45F9N6O7/c1-5-26-17-29(53-36-52-20-33(55-8-10-60-11-9-55)30(54-36)14-22-12-24(40(45,46)47)15-25(13-22)41(48,49)50)28-16-23(39(42,43)44)6-7-32(28)56(26)37(59)62-27-18-31(51-19-27)35(58)61-21-34(57)63-38(2,3)4/h6-7,12-13,15-16,20,26-27,29,31,51H,5,8-11,14,17-19,21H2,1-4H3,(H,52,53,54)/t26-,27-,29+,31+/m1/s1. The van der Waals surface area contributed by atoms with Crippen molar-refractivity contribution in [1.82, 2.24) is 15.3 Å². The lowest BCUT2D eigenvalue weighted by molar-refractivity contribution is -0.167. The summed E-state index contributed by atoms with van der Waals surface area (Å²) in [7, 11) is 0. The van der Waals surface area contributed by atoms with E-state index in [-0.39, 0.29) is 73.5 Å². The van der Waals surface area contributed by atoms with E-state index in [4.69, 9.17) is 18.9 Å². The number of aromatic nitrogens is 2. The molecule has 3 aromatic rings. The van der Waals surface area contributed by atoms with Gasteiger partial charge in [0.1, 0.15) is 17.7 Å². The molecule has 0 saturated carbocycles. The Kier molecular flexibility index (Phi) is 13.7. The van der Waals surface area contributed by atoms with E-state index in [0.717, 1.165) is 18.2 Å². The van der Waals surface area contributed by atoms with Crippen LogP contribution in [0.4, 0.5) is 61.6 Å². The number of benzene rings is 2. The fraction of sp³-hybridized carbons (Fsp3) is 0.537. The van der Waals surface area contributed by atoms with Gasteiger partial charge in [-0.05, 0) is 81.1 Å². The molecule has 4 heterocycles. The molecule has 3 aliphatic heterocycles. The molecule has 22 heteroatoms. The van der Waals surface area contributed by atoms with Crippen LogP contribution in [0.5, 0.6) is 0 Å². The zero-order valence-electron chi connectivity index (χ0n) is 34.5. The van der Waals surface area contributed by atoms with Crippen molar-refractivity contribution >= 4 is 35.4 Å². The number of nitrogens with zero attached hydrogens (tertiary/aromatic N) is 4. The Bertz CT molecular complexity index is 2120. The van der Waals surface area contributed by atoms with E-state index in [9.17, 15) is 53.9 Å². The minimum absolute atomic E-state index is 0.00489. The molecule has 1 aromatic heterocycles. The number of rotatable bonds is 10. The Morgan fingerprint density at radius 1 is 0.873 bits per heavy atom. The van der Waals surface area contributed by atoms with Gasteiger partial charge in [-0.3, -0.25) is 9.69 Å². The van der Waals surface area contributed by atoms with Crippen LogP contribution >= 0.6 is 0 Å². The minimum atomic E-state index is -5.10. The highest BCUT2D eigenvalue weighted by Crippen LogP contribution is 2.44. The maximum atomic E-state index is 14.2. The zero-order valence-corrected chi connectivity index (χ0v) is 34.5. The highest BCUT2D eigenvalue weighted by molar-refractivity contribution is 5.91. The summed E-state index contributed by atoms with van der Waals surface area (Å²) >= 11 is 0. The van der Waals surface area contributed by atoms with E-state index in [1.165, 1.54) is 11.1 Å². The monoisotopic (exact) mass is 904 g/mol. The number of hydrogen-bond acceptors (Lipinski definition) is 12. The number of esters is 2. The van der Waals surface area contributed by atoms with E-state index < -0.39 is 96.1 Å². The molecule has 344 valence electrons. The van der Waals surface area contributed by atoms with E-state index in [2.05, 4.69) is 20.6 Å². The summed E-state index contributed by atoms with van der Waals surface area (Å²) in [6, 6.07) is 1.37. The molecule has 13 nitrogen and oxygen atoms in total. The first kappa shape index (κ1) is 47.1. The van der Waals surface area contributed by atoms with Crippen LogP contribution in [0.25, 0.3) is 0 Å². The molecule has 0 unspecified atom stereocenters. The van der Waals surface area contributed by atoms with Crippen LogP contribution in [0, 0.1) is 0 Å². The maximum Gasteiger partial charge on any atom is 0.416 e. The first-order valence-corrected chi connectivity index (χ1v) is 20.0. The number of ether oxygens (including phenoxy) is 4. The Morgan fingerprint density at radius 2 is 1.52 bits per heavy atom. The van der Waals surface area contributed by atoms with Crippen molar-refractivity contribution in [3.05, 3.63) is 76.1 Å². The molecule has 0 radical (unpaired) electrons. The van der Waals surface area contributed by atoms with Gasteiger partial charge in [0.05, 0.1) is 59.2 Å². The maximum absolute atomic E-state index is 14.2. The first-order chi connectivity index (χ1) is 29.4. The van der Waals surface area contributed by atoms with Gasteiger partial charge in [-0.25, -0.2) is 19.6 Å². The van der Waals surface area contributed by atoms with E-state index in [1.54, 1.807) is 32.6 Å². The van der Waals surface area contributed by atoms with Gasteiger partial charge in [0.15, 0.2) is 6.61 Å². The van der Waals surface area contributed by atoms with Crippen molar-refractivity contribution in [2.75, 3.05) is 54.6 Å². The van der Waals surface area contributed by atoms with Crippen molar-refractivity contribution < 1.29 is 72.8 Å². The molecule has 0 spiro atoms. The van der Waals surface area contributed by atoms with E-state index >= 15 is 0 Å². The number of carbonyl (C=O) groups is 3. The molecule has 1 amide bonds. The van der Waals surface area contributed by atoms with Crippen LogP contribution in [-0.4, -0.2) is 91.2 Å². The van der Waals surface area contributed by atoms with Gasteiger partial charge in [-0.1, -0.05) is 6.92 Å². The molecule has 0 bridgehead atoms. The predicted octanol–water partition coefficient (Wildman–Crippen LogP) is 7.85. The number of amides is 1. The Balaban J connectivity index is 1.27. The molecule has 2 aromatic carbocycles. The molecule has 3 aliphatic rings. The van der Waals surface area contributed by atoms with Gasteiger partial charge in [-0.2, -0.15) is 39.5 Å². The summed E-state index contributed by atoms with van der Waals surface area (Å²) in [4.78, 5) is 50.5. The Hall–Kier alpha value is -5.38. The predicted molar refractivity (Wildman–Crippen MR) is 207 cm³/mol. The van der Waals surface area contributed by atoms with Crippen LogP contribution in [0.2, 0.25) is 0 Å². The molecular weight excluding hydrogens is 859 g/mol. The lowest BCUT2D eigenvalue weighted by Crippen LogP contribution is -2.47. The minimum Gasteiger partial charge on any atom is -0.457 e. The second kappa shape index (κ2) is 18.4. The van der Waals surface area contributed by atoms with Gasteiger partial charge in [0.2, 0.25) is 5.95 Å². The average molecular weight is 905 g/mol. The lowest BCUT2D eigenvalue weighted by Gasteiger charge is -2.40. The van der Waals surface area contributed by atoms with E-state index in [0.29, 0.717) is 30.9 Å². The second-order valence-electron chi connectivity index (χ2n) is 16.2. The number of morpholine rings is 1. The van der Waals surface area contributed by atoms with Crippen LogP contribution in [0.1, 0.15) is 86.5 Å². The Morgan fingerprint density at radius 3 is 2.13 bits per heavy atom. The summed E-state index contributed by atoms with van der Waals surface area (Å²) in [5, 5.41) is 5.90. The lowest BCUT2D eigenvalue weighted by atomic mass is 9.89. The van der Waals surface area contributed by atoms with Gasteiger partial charge in [0, 0.05) is 38.5 Å². The van der Waals surface area contributed by atoms with Crippen LogP contribution in [-0.2, 0) is 53.5 Å². The number of anilines is 3. The van der Waals surface area contributed by atoms with Crippen LogP contribution in [0.15, 0.2) is 42.6 Å². The number of fused-ring (bicyclic) bond motifs is 1. The number of halogens is 9. The van der Waals surface area contributed by atoms with Crippen LogP contribution in [0.3, 0.4) is 0 Å². The highest BCUT2D eigenvalue weighted by atomic mass is 19.4. The highest BCUT2D eigenvalue weighted by Gasteiger charge is 2.42. The first-order valence-electron chi connectivity index (χ1n) is 20.0. The zero-order chi connectivity index (χ0) is 46.1. The smallest absolute Gasteiger partial charge is 0.416 e. The van der Waals surface area contributed by atoms with Gasteiger partial charge in [0.25, 0.3) is 0 Å². The Labute approximate surface area is 355 Å². The van der Waals surface area contributed by atoms with Crippen molar-refractivity contribution in [2.24, 2.45) is 0 Å². The third kappa shape index (κ3) is 11.8. The van der Waals surface area contributed by atoms with Crippen molar-refractivity contribution in [3.63, 3.8) is 0 Å². The third-order valence-corrected chi connectivity index (χ3v) is 10.4. The van der Waals surface area contributed by atoms with Crippen molar-refractivity contribution in [1.29, 1.82) is 0 Å². The summed E-state index contributed by atoms with van der Waals surface area (Å²) in [5.74, 6) is -1.74.